The lowest BCUT2D eigenvalue weighted by Gasteiger charge is -2.28. The number of nitrogens with zero attached hydrogens (tertiary/aromatic N) is 1. The Hall–Kier alpha value is -3.49. The maximum Gasteiger partial charge on any atom is 0.338 e. The Morgan fingerprint density at radius 3 is 2.47 bits per heavy atom. The van der Waals surface area contributed by atoms with Gasteiger partial charge in [0.05, 0.1) is 28.1 Å². The molecule has 3 aromatic carbocycles. The number of ether oxygens (including phenoxy) is 1. The van der Waals surface area contributed by atoms with Crippen LogP contribution in [0.25, 0.3) is 0 Å². The summed E-state index contributed by atoms with van der Waals surface area (Å²) in [6, 6.07) is 21.2. The number of carbonyl (C=O) groups is 4. The number of hydrogen-bond acceptors (Lipinski definition) is 5. The summed E-state index contributed by atoms with van der Waals surface area (Å²) in [6.45, 7) is -0.511. The van der Waals surface area contributed by atoms with Gasteiger partial charge >= 0.3 is 5.97 Å². The molecule has 9 heteroatoms. The van der Waals surface area contributed by atoms with Crippen molar-refractivity contribution < 1.29 is 23.9 Å². The van der Waals surface area contributed by atoms with Gasteiger partial charge in [0.2, 0.25) is 11.8 Å². The first-order valence-corrected chi connectivity index (χ1v) is 13.4. The topological polar surface area (TPSA) is 92.8 Å². The van der Waals surface area contributed by atoms with Crippen molar-refractivity contribution in [2.24, 2.45) is 11.8 Å². The van der Waals surface area contributed by atoms with Crippen LogP contribution in [0.1, 0.15) is 41.1 Å². The van der Waals surface area contributed by atoms with E-state index in [9.17, 15) is 19.2 Å². The van der Waals surface area contributed by atoms with Gasteiger partial charge in [0.15, 0.2) is 6.61 Å². The summed E-state index contributed by atoms with van der Waals surface area (Å²) in [5, 5.41) is 3.04. The number of nitrogens with one attached hydrogen (secondary N) is 1. The molecule has 3 aromatic rings. The van der Waals surface area contributed by atoms with E-state index in [-0.39, 0.29) is 35.1 Å². The molecule has 1 heterocycles. The number of imide groups is 1. The Bertz CT molecular complexity index is 1410. The summed E-state index contributed by atoms with van der Waals surface area (Å²) in [4.78, 5) is 52.7. The van der Waals surface area contributed by atoms with Crippen LogP contribution in [-0.4, -0.2) is 30.3 Å². The fourth-order valence-corrected chi connectivity index (χ4v) is 5.65. The van der Waals surface area contributed by atoms with Crippen LogP contribution in [0.5, 0.6) is 0 Å². The predicted molar refractivity (Wildman–Crippen MR) is 147 cm³/mol. The minimum absolute atomic E-state index is 0.139. The molecule has 5 rings (SSSR count). The molecule has 7 nitrogen and oxygen atoms in total. The monoisotopic (exact) mass is 594 g/mol. The van der Waals surface area contributed by atoms with Crippen molar-refractivity contribution in [3.8, 4) is 0 Å². The summed E-state index contributed by atoms with van der Waals surface area (Å²) in [7, 11) is 0. The van der Waals surface area contributed by atoms with Crippen molar-refractivity contribution in [1.29, 1.82) is 0 Å². The third kappa shape index (κ3) is 5.37. The molecule has 1 aliphatic heterocycles. The van der Waals surface area contributed by atoms with E-state index in [0.717, 1.165) is 6.42 Å². The van der Waals surface area contributed by atoms with Crippen molar-refractivity contribution in [1.82, 2.24) is 0 Å². The van der Waals surface area contributed by atoms with Gasteiger partial charge in [-0.25, -0.2) is 4.79 Å². The van der Waals surface area contributed by atoms with Gasteiger partial charge in [-0.2, -0.15) is 0 Å². The van der Waals surface area contributed by atoms with Gasteiger partial charge in [-0.05, 0) is 83.1 Å². The van der Waals surface area contributed by atoms with Crippen LogP contribution >= 0.6 is 27.5 Å². The summed E-state index contributed by atoms with van der Waals surface area (Å²) >= 11 is 9.31. The first-order valence-electron chi connectivity index (χ1n) is 12.3. The average Bonchev–Trinajstić information content (AvgIpc) is 3.19. The van der Waals surface area contributed by atoms with E-state index in [0.29, 0.717) is 33.7 Å². The van der Waals surface area contributed by atoms with E-state index in [1.807, 2.05) is 18.2 Å². The molecule has 0 radical (unpaired) electrons. The highest BCUT2D eigenvalue weighted by molar-refractivity contribution is 9.10. The molecule has 3 amide bonds. The van der Waals surface area contributed by atoms with Gasteiger partial charge in [-0.3, -0.25) is 19.3 Å². The van der Waals surface area contributed by atoms with Crippen molar-refractivity contribution in [3.63, 3.8) is 0 Å². The van der Waals surface area contributed by atoms with Gasteiger partial charge in [0.25, 0.3) is 5.91 Å². The number of hydrogen-bond donors (Lipinski definition) is 1. The molecule has 1 saturated heterocycles. The van der Waals surface area contributed by atoms with Crippen LogP contribution in [0.2, 0.25) is 5.02 Å². The second kappa shape index (κ2) is 11.1. The van der Waals surface area contributed by atoms with Gasteiger partial charge < -0.3 is 10.1 Å². The molecular formula is C29H24BrClN2O5. The molecule has 38 heavy (non-hydrogen) atoms. The summed E-state index contributed by atoms with van der Waals surface area (Å²) in [6.07, 6.45) is 2.11. The number of esters is 1. The number of halogens is 2. The molecule has 1 aliphatic carbocycles. The molecule has 0 spiro atoms. The zero-order chi connectivity index (χ0) is 26.8. The Morgan fingerprint density at radius 2 is 1.71 bits per heavy atom. The van der Waals surface area contributed by atoms with Gasteiger partial charge in [-0.15, -0.1) is 0 Å². The lowest BCUT2D eigenvalue weighted by Crippen LogP contribution is -2.31. The first kappa shape index (κ1) is 26.1. The first-order chi connectivity index (χ1) is 18.3. The van der Waals surface area contributed by atoms with Crippen LogP contribution in [-0.2, 0) is 19.1 Å². The number of anilines is 2. The zero-order valence-corrected chi connectivity index (χ0v) is 22.6. The third-order valence-corrected chi connectivity index (χ3v) is 8.31. The number of fused-ring (bicyclic) bond motifs is 1. The summed E-state index contributed by atoms with van der Waals surface area (Å²) in [5.41, 5.74) is 2.11. The van der Waals surface area contributed by atoms with Gasteiger partial charge in [0.1, 0.15) is 0 Å². The second-order valence-electron chi connectivity index (χ2n) is 9.45. The molecule has 3 atom stereocenters. The van der Waals surface area contributed by atoms with Crippen LogP contribution in [0.15, 0.2) is 77.3 Å². The number of rotatable bonds is 6. The van der Waals surface area contributed by atoms with Crippen molar-refractivity contribution in [3.05, 3.63) is 93.4 Å². The van der Waals surface area contributed by atoms with E-state index in [1.54, 1.807) is 30.3 Å². The van der Waals surface area contributed by atoms with Crippen molar-refractivity contribution in [2.75, 3.05) is 16.8 Å². The minimum Gasteiger partial charge on any atom is -0.452 e. The number of amides is 3. The Balaban J connectivity index is 1.24. The van der Waals surface area contributed by atoms with E-state index in [2.05, 4.69) is 33.4 Å². The molecule has 0 aromatic heterocycles. The predicted octanol–water partition coefficient (Wildman–Crippen LogP) is 5.97. The minimum atomic E-state index is -0.739. The molecule has 1 N–H and O–H groups in total. The second-order valence-corrected chi connectivity index (χ2v) is 10.7. The summed E-state index contributed by atoms with van der Waals surface area (Å²) in [5.74, 6) is -2.24. The molecule has 2 fully saturated rings. The molecule has 194 valence electrons. The SMILES string of the molecule is O=C(COC(=O)c1cccc(N2C(=O)[C@@H]3CC[C@@H](c4ccccc4)C[C@H]3C2=O)c1)Nc1ccc(Br)c(Cl)c1. The highest BCUT2D eigenvalue weighted by atomic mass is 79.9. The van der Waals surface area contributed by atoms with Crippen LogP contribution < -0.4 is 10.2 Å². The van der Waals surface area contributed by atoms with E-state index in [1.165, 1.54) is 22.6 Å². The smallest absolute Gasteiger partial charge is 0.338 e. The fourth-order valence-electron chi connectivity index (χ4n) is 5.22. The van der Waals surface area contributed by atoms with Crippen molar-refractivity contribution >= 4 is 62.6 Å². The normalized spacial score (nSPS) is 20.7. The fraction of sp³-hybridized carbons (Fsp3) is 0.241. The van der Waals surface area contributed by atoms with E-state index < -0.39 is 18.5 Å². The lowest BCUT2D eigenvalue weighted by molar-refractivity contribution is -0.122. The number of benzene rings is 3. The van der Waals surface area contributed by atoms with Gasteiger partial charge in [0, 0.05) is 10.2 Å². The molecule has 0 bridgehead atoms. The molecule has 0 unspecified atom stereocenters. The number of carbonyl (C=O) groups excluding carboxylic acids is 4. The van der Waals surface area contributed by atoms with E-state index in [4.69, 9.17) is 16.3 Å². The Kier molecular flexibility index (Phi) is 7.63. The standard InChI is InChI=1S/C29H24BrClN2O5/c30-24-12-10-20(15-25(24)31)32-26(34)16-38-29(37)19-7-4-8-21(13-19)33-27(35)22-11-9-18(14-23(22)28(33)36)17-5-2-1-3-6-17/h1-8,10,12-13,15,18,22-23H,9,11,14,16H2,(H,32,34)/t18-,22-,23-/m1/s1. The molecule has 1 saturated carbocycles. The largest absolute Gasteiger partial charge is 0.452 e. The zero-order valence-electron chi connectivity index (χ0n) is 20.2. The quantitative estimate of drug-likeness (QED) is 0.280. The Morgan fingerprint density at radius 1 is 0.947 bits per heavy atom. The maximum atomic E-state index is 13.4. The molecular weight excluding hydrogens is 572 g/mol. The van der Waals surface area contributed by atoms with Crippen LogP contribution in [0.4, 0.5) is 11.4 Å². The highest BCUT2D eigenvalue weighted by Gasteiger charge is 2.50. The van der Waals surface area contributed by atoms with Crippen LogP contribution in [0.3, 0.4) is 0 Å². The average molecular weight is 596 g/mol. The maximum absolute atomic E-state index is 13.4. The molecule has 2 aliphatic rings. The lowest BCUT2D eigenvalue weighted by atomic mass is 9.73. The van der Waals surface area contributed by atoms with E-state index >= 15 is 0 Å². The summed E-state index contributed by atoms with van der Waals surface area (Å²) < 4.78 is 5.85. The van der Waals surface area contributed by atoms with Crippen molar-refractivity contribution in [2.45, 2.75) is 25.2 Å². The third-order valence-electron chi connectivity index (χ3n) is 7.07. The Labute approximate surface area is 233 Å². The van der Waals surface area contributed by atoms with Gasteiger partial charge in [-0.1, -0.05) is 48.0 Å². The highest BCUT2D eigenvalue weighted by Crippen LogP contribution is 2.45. The van der Waals surface area contributed by atoms with Crippen LogP contribution in [0, 0.1) is 11.8 Å².